The molecule has 2 rings (SSSR count). The standard InChI is InChI=1S/C13H7BrCl2F3N3O/c14-9-3-8(15)1-6(11(9)23)4-21-22-12-10(16)2-7(5-20-12)13(17,18)19/h1-3,5,23H,4H2. The van der Waals surface area contributed by atoms with Crippen LogP contribution in [0.15, 0.2) is 39.1 Å². The first-order chi connectivity index (χ1) is 10.7. The molecule has 0 aliphatic rings. The molecule has 0 amide bonds. The highest BCUT2D eigenvalue weighted by Gasteiger charge is 2.31. The smallest absolute Gasteiger partial charge is 0.417 e. The molecule has 0 unspecified atom stereocenters. The van der Waals surface area contributed by atoms with E-state index in [2.05, 4.69) is 31.1 Å². The number of alkyl halides is 3. The van der Waals surface area contributed by atoms with Crippen molar-refractivity contribution in [1.82, 2.24) is 4.98 Å². The summed E-state index contributed by atoms with van der Waals surface area (Å²) in [6, 6.07) is 3.71. The lowest BCUT2D eigenvalue weighted by Crippen LogP contribution is -2.05. The minimum absolute atomic E-state index is 0.0516. The van der Waals surface area contributed by atoms with E-state index < -0.39 is 11.7 Å². The van der Waals surface area contributed by atoms with Crippen LogP contribution < -0.4 is 0 Å². The van der Waals surface area contributed by atoms with Gasteiger partial charge in [-0.2, -0.15) is 18.3 Å². The number of halogens is 6. The molecule has 1 N–H and O–H groups in total. The molecule has 0 fully saturated rings. The van der Waals surface area contributed by atoms with Crippen LogP contribution in [0, 0.1) is 0 Å². The van der Waals surface area contributed by atoms with Crippen molar-refractivity contribution in [3.63, 3.8) is 0 Å². The highest BCUT2D eigenvalue weighted by Crippen LogP contribution is 2.34. The monoisotopic (exact) mass is 427 g/mol. The van der Waals surface area contributed by atoms with Crippen molar-refractivity contribution in [3.05, 3.63) is 50.0 Å². The Morgan fingerprint density at radius 2 is 1.91 bits per heavy atom. The number of aromatic hydroxyl groups is 1. The molecule has 1 aromatic carbocycles. The van der Waals surface area contributed by atoms with Gasteiger partial charge < -0.3 is 5.11 Å². The molecule has 0 atom stereocenters. The maximum atomic E-state index is 12.5. The average molecular weight is 429 g/mol. The van der Waals surface area contributed by atoms with Gasteiger partial charge in [0.15, 0.2) is 5.82 Å². The van der Waals surface area contributed by atoms with Gasteiger partial charge in [-0.25, -0.2) is 4.98 Å². The summed E-state index contributed by atoms with van der Waals surface area (Å²) < 4.78 is 37.9. The molecular formula is C13H7BrCl2F3N3O. The van der Waals surface area contributed by atoms with Crippen LogP contribution in [0.25, 0.3) is 0 Å². The second kappa shape index (κ2) is 7.02. The number of hydrogen-bond acceptors (Lipinski definition) is 4. The van der Waals surface area contributed by atoms with Gasteiger partial charge in [-0.05, 0) is 34.1 Å². The molecule has 1 aromatic heterocycles. The number of rotatable bonds is 3. The Hall–Kier alpha value is -1.38. The number of phenolic OH excluding ortho intramolecular Hbond substituents is 1. The molecule has 0 spiro atoms. The van der Waals surface area contributed by atoms with E-state index in [1.807, 2.05) is 0 Å². The maximum absolute atomic E-state index is 12.5. The fourth-order valence-corrected chi connectivity index (χ4v) is 2.66. The van der Waals surface area contributed by atoms with Gasteiger partial charge in [0.1, 0.15) is 5.75 Å². The fourth-order valence-electron chi connectivity index (χ4n) is 1.58. The van der Waals surface area contributed by atoms with Crippen LogP contribution in [0.5, 0.6) is 5.75 Å². The number of aromatic nitrogens is 1. The number of nitrogens with zero attached hydrogens (tertiary/aromatic N) is 3. The molecule has 0 aliphatic carbocycles. The number of benzene rings is 1. The van der Waals surface area contributed by atoms with E-state index in [9.17, 15) is 18.3 Å². The number of pyridine rings is 1. The Morgan fingerprint density at radius 3 is 2.52 bits per heavy atom. The minimum Gasteiger partial charge on any atom is -0.506 e. The van der Waals surface area contributed by atoms with Crippen LogP contribution in [-0.2, 0) is 12.7 Å². The third-order valence-electron chi connectivity index (χ3n) is 2.66. The van der Waals surface area contributed by atoms with Crippen LogP contribution in [0.2, 0.25) is 10.0 Å². The van der Waals surface area contributed by atoms with E-state index in [0.29, 0.717) is 21.3 Å². The zero-order valence-corrected chi connectivity index (χ0v) is 14.2. The van der Waals surface area contributed by atoms with E-state index in [0.717, 1.165) is 6.07 Å². The first-order valence-corrected chi connectivity index (χ1v) is 7.50. The molecule has 2 aromatic rings. The summed E-state index contributed by atoms with van der Waals surface area (Å²) in [4.78, 5) is 3.52. The normalized spacial score (nSPS) is 12.1. The predicted octanol–water partition coefficient (Wildman–Crippen LogP) is 6.16. The SMILES string of the molecule is Oc1c(Br)cc(Cl)cc1CN=Nc1ncc(C(F)(F)F)cc1Cl. The summed E-state index contributed by atoms with van der Waals surface area (Å²) in [5.41, 5.74) is -0.589. The largest absolute Gasteiger partial charge is 0.506 e. The van der Waals surface area contributed by atoms with Crippen molar-refractivity contribution in [2.45, 2.75) is 12.7 Å². The molecule has 1 heterocycles. The van der Waals surface area contributed by atoms with Gasteiger partial charge in [-0.15, -0.1) is 5.11 Å². The van der Waals surface area contributed by atoms with Gasteiger partial charge in [0.05, 0.1) is 21.6 Å². The molecular weight excluding hydrogens is 422 g/mol. The molecule has 0 aliphatic heterocycles. The number of hydrogen-bond donors (Lipinski definition) is 1. The lowest BCUT2D eigenvalue weighted by molar-refractivity contribution is -0.137. The minimum atomic E-state index is -4.54. The molecule has 0 saturated heterocycles. The Balaban J connectivity index is 2.19. The van der Waals surface area contributed by atoms with Gasteiger partial charge >= 0.3 is 6.18 Å². The number of azo groups is 1. The van der Waals surface area contributed by atoms with Gasteiger partial charge in [0.2, 0.25) is 0 Å². The average Bonchev–Trinajstić information content (AvgIpc) is 2.44. The zero-order valence-electron chi connectivity index (χ0n) is 11.1. The Kier molecular flexibility index (Phi) is 5.49. The zero-order chi connectivity index (χ0) is 17.2. The van der Waals surface area contributed by atoms with Crippen molar-refractivity contribution in [3.8, 4) is 5.75 Å². The third kappa shape index (κ3) is 4.55. The summed E-state index contributed by atoms with van der Waals surface area (Å²) in [7, 11) is 0. The van der Waals surface area contributed by atoms with Crippen molar-refractivity contribution < 1.29 is 18.3 Å². The van der Waals surface area contributed by atoms with Crippen molar-refractivity contribution in [2.24, 2.45) is 10.2 Å². The van der Waals surface area contributed by atoms with Crippen molar-refractivity contribution in [1.29, 1.82) is 0 Å². The van der Waals surface area contributed by atoms with E-state index in [4.69, 9.17) is 23.2 Å². The molecule has 4 nitrogen and oxygen atoms in total. The molecule has 122 valence electrons. The predicted molar refractivity (Wildman–Crippen MR) is 83.3 cm³/mol. The molecule has 0 saturated carbocycles. The highest BCUT2D eigenvalue weighted by atomic mass is 79.9. The van der Waals surface area contributed by atoms with E-state index in [1.54, 1.807) is 0 Å². The second-order valence-corrected chi connectivity index (χ2v) is 6.02. The summed E-state index contributed by atoms with van der Waals surface area (Å²) in [5.74, 6) is -0.208. The van der Waals surface area contributed by atoms with Gasteiger partial charge in [0.25, 0.3) is 0 Å². The summed E-state index contributed by atoms with van der Waals surface area (Å²) in [5, 5.41) is 17.4. The topological polar surface area (TPSA) is 57.8 Å². The Bertz CT molecular complexity index is 769. The second-order valence-electron chi connectivity index (χ2n) is 4.32. The summed E-state index contributed by atoms with van der Waals surface area (Å²) >= 11 is 14.7. The van der Waals surface area contributed by atoms with Crippen molar-refractivity contribution >= 4 is 44.9 Å². The van der Waals surface area contributed by atoms with Crippen LogP contribution in [0.3, 0.4) is 0 Å². The Labute approximate surface area is 147 Å². The summed E-state index contributed by atoms with van der Waals surface area (Å²) in [6.45, 7) is -0.0516. The van der Waals surface area contributed by atoms with Gasteiger partial charge in [-0.3, -0.25) is 0 Å². The lowest BCUT2D eigenvalue weighted by atomic mass is 10.2. The molecule has 0 radical (unpaired) electrons. The third-order valence-corrected chi connectivity index (χ3v) is 3.76. The first-order valence-electron chi connectivity index (χ1n) is 5.95. The first kappa shape index (κ1) is 18.0. The summed E-state index contributed by atoms with van der Waals surface area (Å²) in [6.07, 6.45) is -3.92. The highest BCUT2D eigenvalue weighted by molar-refractivity contribution is 9.10. The van der Waals surface area contributed by atoms with Crippen LogP contribution in [0.1, 0.15) is 11.1 Å². The quantitative estimate of drug-likeness (QED) is 0.595. The van der Waals surface area contributed by atoms with Gasteiger partial charge in [-0.1, -0.05) is 23.2 Å². The molecule has 23 heavy (non-hydrogen) atoms. The van der Waals surface area contributed by atoms with E-state index in [-0.39, 0.29) is 23.1 Å². The Morgan fingerprint density at radius 1 is 1.22 bits per heavy atom. The van der Waals surface area contributed by atoms with Crippen LogP contribution >= 0.6 is 39.1 Å². The number of phenols is 1. The van der Waals surface area contributed by atoms with Crippen LogP contribution in [-0.4, -0.2) is 10.1 Å². The van der Waals surface area contributed by atoms with E-state index in [1.165, 1.54) is 12.1 Å². The van der Waals surface area contributed by atoms with Gasteiger partial charge in [0, 0.05) is 16.8 Å². The maximum Gasteiger partial charge on any atom is 0.417 e. The lowest BCUT2D eigenvalue weighted by Gasteiger charge is -2.06. The molecule has 10 heteroatoms. The van der Waals surface area contributed by atoms with E-state index >= 15 is 0 Å². The fraction of sp³-hybridized carbons (Fsp3) is 0.154. The van der Waals surface area contributed by atoms with Crippen molar-refractivity contribution in [2.75, 3.05) is 0 Å². The molecule has 0 bridgehead atoms. The van der Waals surface area contributed by atoms with Crippen LogP contribution in [0.4, 0.5) is 19.0 Å².